The fourth-order valence-corrected chi connectivity index (χ4v) is 3.72. The molecule has 0 aromatic heterocycles. The van der Waals surface area contributed by atoms with Crippen molar-refractivity contribution in [3.63, 3.8) is 0 Å². The van der Waals surface area contributed by atoms with E-state index in [1.54, 1.807) is 0 Å². The van der Waals surface area contributed by atoms with Crippen LogP contribution in [0.4, 0.5) is 18.9 Å². The van der Waals surface area contributed by atoms with Gasteiger partial charge in [0.25, 0.3) is 0 Å². The largest absolute Gasteiger partial charge is 0.380 e. The molecule has 2 rings (SSSR count). The predicted molar refractivity (Wildman–Crippen MR) is 70.8 cm³/mol. The van der Waals surface area contributed by atoms with Crippen LogP contribution in [0.2, 0.25) is 0 Å². The number of halogens is 3. The topological polar surface area (TPSA) is 46.2 Å². The van der Waals surface area contributed by atoms with Gasteiger partial charge in [0.2, 0.25) is 0 Å². The lowest BCUT2D eigenvalue weighted by Crippen LogP contribution is -2.34. The van der Waals surface area contributed by atoms with Gasteiger partial charge in [-0.15, -0.1) is 0 Å². The van der Waals surface area contributed by atoms with Gasteiger partial charge >= 0.3 is 0 Å². The van der Waals surface area contributed by atoms with Crippen molar-refractivity contribution in [2.75, 3.05) is 11.6 Å². The Kier molecular flexibility index (Phi) is 4.27. The van der Waals surface area contributed by atoms with Crippen LogP contribution in [-0.2, 0) is 9.84 Å². The van der Waals surface area contributed by atoms with E-state index in [9.17, 15) is 21.6 Å². The second-order valence-electron chi connectivity index (χ2n) is 5.21. The summed E-state index contributed by atoms with van der Waals surface area (Å²) in [5, 5.41) is 2.22. The normalized spacial score (nSPS) is 23.6. The highest BCUT2D eigenvalue weighted by Gasteiger charge is 2.29. The zero-order valence-corrected chi connectivity index (χ0v) is 11.8. The highest BCUT2D eigenvalue weighted by atomic mass is 32.2. The second kappa shape index (κ2) is 5.63. The molecule has 1 aromatic rings. The molecule has 2 atom stereocenters. The highest BCUT2D eigenvalue weighted by Crippen LogP contribution is 2.28. The summed E-state index contributed by atoms with van der Waals surface area (Å²) in [6, 6.07) is 1.04. The maximum Gasteiger partial charge on any atom is 0.182 e. The Labute approximate surface area is 116 Å². The fraction of sp³-hybridized carbons (Fsp3) is 0.538. The minimum atomic E-state index is -3.16. The molecule has 3 nitrogen and oxygen atoms in total. The van der Waals surface area contributed by atoms with Crippen molar-refractivity contribution in [3.8, 4) is 0 Å². The van der Waals surface area contributed by atoms with E-state index < -0.39 is 32.5 Å². The lowest BCUT2D eigenvalue weighted by atomic mass is 9.94. The highest BCUT2D eigenvalue weighted by molar-refractivity contribution is 7.91. The molecule has 0 saturated heterocycles. The van der Waals surface area contributed by atoms with Crippen LogP contribution in [-0.4, -0.2) is 26.0 Å². The smallest absolute Gasteiger partial charge is 0.182 e. The van der Waals surface area contributed by atoms with Crippen LogP contribution in [0.1, 0.15) is 25.7 Å². The molecule has 1 N–H and O–H groups in total. The molecule has 7 heteroatoms. The van der Waals surface area contributed by atoms with Gasteiger partial charge in [0.05, 0.1) is 10.9 Å². The van der Waals surface area contributed by atoms with E-state index in [4.69, 9.17) is 0 Å². The zero-order valence-electron chi connectivity index (χ0n) is 11.0. The molecular weight excluding hydrogens is 291 g/mol. The Bertz CT molecular complexity index is 604. The molecule has 0 spiro atoms. The molecule has 0 amide bonds. The Morgan fingerprint density at radius 2 is 1.90 bits per heavy atom. The predicted octanol–water partition coefficient (Wildman–Crippen LogP) is 2.87. The van der Waals surface area contributed by atoms with Crippen molar-refractivity contribution in [1.82, 2.24) is 0 Å². The monoisotopic (exact) mass is 307 g/mol. The van der Waals surface area contributed by atoms with Gasteiger partial charge < -0.3 is 5.32 Å². The third-order valence-electron chi connectivity index (χ3n) is 3.58. The van der Waals surface area contributed by atoms with Crippen molar-refractivity contribution in [2.24, 2.45) is 0 Å². The molecule has 1 saturated carbocycles. The van der Waals surface area contributed by atoms with Crippen LogP contribution < -0.4 is 5.32 Å². The van der Waals surface area contributed by atoms with Crippen molar-refractivity contribution in [2.45, 2.75) is 37.0 Å². The number of benzene rings is 1. The van der Waals surface area contributed by atoms with Crippen molar-refractivity contribution >= 4 is 15.5 Å². The molecule has 1 fully saturated rings. The standard InChI is InChI=1S/C13H16F3NO2S/c1-20(18,19)10-4-2-3-9(7-10)17-12-6-8(14)5-11(15)13(12)16/h5-6,9-10,17H,2-4,7H2,1H3. The molecule has 2 unspecified atom stereocenters. The summed E-state index contributed by atoms with van der Waals surface area (Å²) >= 11 is 0. The first-order valence-electron chi connectivity index (χ1n) is 6.37. The molecule has 20 heavy (non-hydrogen) atoms. The zero-order chi connectivity index (χ0) is 14.9. The number of hydrogen-bond acceptors (Lipinski definition) is 3. The van der Waals surface area contributed by atoms with Gasteiger partial charge in [-0.05, 0) is 19.3 Å². The first-order valence-corrected chi connectivity index (χ1v) is 8.33. The van der Waals surface area contributed by atoms with Crippen LogP contribution in [0, 0.1) is 17.5 Å². The maximum atomic E-state index is 13.5. The Hall–Kier alpha value is -1.24. The van der Waals surface area contributed by atoms with Gasteiger partial charge in [-0.2, -0.15) is 0 Å². The van der Waals surface area contributed by atoms with E-state index >= 15 is 0 Å². The summed E-state index contributed by atoms with van der Waals surface area (Å²) in [6.07, 6.45) is 3.37. The molecule has 0 heterocycles. The summed E-state index contributed by atoms with van der Waals surface area (Å²) in [5.41, 5.74) is -0.262. The SMILES string of the molecule is CS(=O)(=O)C1CCCC(Nc2cc(F)cc(F)c2F)C1. The minimum Gasteiger partial charge on any atom is -0.380 e. The number of hydrogen-bond donors (Lipinski definition) is 1. The van der Waals surface area contributed by atoms with Crippen molar-refractivity contribution in [3.05, 3.63) is 29.6 Å². The molecule has 1 aliphatic rings. The molecule has 0 aliphatic heterocycles. The molecule has 112 valence electrons. The minimum absolute atomic E-state index is 0.262. The van der Waals surface area contributed by atoms with Gasteiger partial charge in [0.15, 0.2) is 11.6 Å². The summed E-state index contributed by atoms with van der Waals surface area (Å²) in [4.78, 5) is 0. The molecular formula is C13H16F3NO2S. The lowest BCUT2D eigenvalue weighted by molar-refractivity contribution is 0.447. The van der Waals surface area contributed by atoms with E-state index in [-0.39, 0.29) is 11.7 Å². The quantitative estimate of drug-likeness (QED) is 0.874. The number of nitrogens with one attached hydrogen (secondary N) is 1. The van der Waals surface area contributed by atoms with Crippen molar-refractivity contribution < 1.29 is 21.6 Å². The Morgan fingerprint density at radius 3 is 2.55 bits per heavy atom. The number of anilines is 1. The van der Waals surface area contributed by atoms with E-state index in [1.807, 2.05) is 0 Å². The van der Waals surface area contributed by atoms with E-state index in [0.29, 0.717) is 31.7 Å². The van der Waals surface area contributed by atoms with Crippen molar-refractivity contribution in [1.29, 1.82) is 0 Å². The van der Waals surface area contributed by atoms with Gasteiger partial charge in [-0.1, -0.05) is 6.42 Å². The van der Waals surface area contributed by atoms with Crippen LogP contribution >= 0.6 is 0 Å². The second-order valence-corrected chi connectivity index (χ2v) is 7.53. The third kappa shape index (κ3) is 3.45. The third-order valence-corrected chi connectivity index (χ3v) is 5.22. The summed E-state index contributed by atoms with van der Waals surface area (Å²) in [6.45, 7) is 0. The fourth-order valence-electron chi connectivity index (χ4n) is 2.55. The van der Waals surface area contributed by atoms with Crippen LogP contribution in [0.5, 0.6) is 0 Å². The summed E-state index contributed by atoms with van der Waals surface area (Å²) < 4.78 is 62.8. The number of sulfone groups is 1. The number of rotatable bonds is 3. The van der Waals surface area contributed by atoms with Gasteiger partial charge in [-0.3, -0.25) is 0 Å². The average Bonchev–Trinajstić information content (AvgIpc) is 2.35. The van der Waals surface area contributed by atoms with Gasteiger partial charge in [0.1, 0.15) is 15.7 Å². The molecule has 1 aliphatic carbocycles. The summed E-state index contributed by atoms with van der Waals surface area (Å²) in [7, 11) is -3.16. The molecule has 1 aromatic carbocycles. The van der Waals surface area contributed by atoms with Crippen LogP contribution in [0.3, 0.4) is 0 Å². The van der Waals surface area contributed by atoms with Crippen LogP contribution in [0.15, 0.2) is 12.1 Å². The van der Waals surface area contributed by atoms with E-state index in [1.165, 1.54) is 6.26 Å². The Balaban J connectivity index is 2.14. The van der Waals surface area contributed by atoms with Gasteiger partial charge in [-0.25, -0.2) is 21.6 Å². The maximum absolute atomic E-state index is 13.5. The first kappa shape index (κ1) is 15.2. The first-order chi connectivity index (χ1) is 9.27. The van der Waals surface area contributed by atoms with Crippen LogP contribution in [0.25, 0.3) is 0 Å². The molecule has 0 radical (unpaired) electrons. The van der Waals surface area contributed by atoms with Gasteiger partial charge in [0, 0.05) is 24.4 Å². The Morgan fingerprint density at radius 1 is 1.20 bits per heavy atom. The lowest BCUT2D eigenvalue weighted by Gasteiger charge is -2.29. The average molecular weight is 307 g/mol. The van der Waals surface area contributed by atoms with E-state index in [2.05, 4.69) is 5.32 Å². The summed E-state index contributed by atoms with van der Waals surface area (Å²) in [5.74, 6) is -3.28. The molecule has 0 bridgehead atoms. The van der Waals surface area contributed by atoms with E-state index in [0.717, 1.165) is 6.07 Å².